The first-order valence-electron chi connectivity index (χ1n) is 5.28. The van der Waals surface area contributed by atoms with Crippen molar-refractivity contribution in [2.45, 2.75) is 13.5 Å². The molecule has 0 amide bonds. The van der Waals surface area contributed by atoms with Crippen LogP contribution in [0.25, 0.3) is 10.9 Å². The molecule has 0 spiro atoms. The van der Waals surface area contributed by atoms with Gasteiger partial charge >= 0.3 is 0 Å². The molecule has 0 fully saturated rings. The van der Waals surface area contributed by atoms with Gasteiger partial charge < -0.3 is 0 Å². The van der Waals surface area contributed by atoms with Gasteiger partial charge in [0.2, 0.25) is 5.43 Å². The van der Waals surface area contributed by atoms with Crippen LogP contribution in [0.3, 0.4) is 0 Å². The lowest BCUT2D eigenvalue weighted by molar-refractivity contribution is 0.496. The van der Waals surface area contributed by atoms with E-state index in [4.69, 9.17) is 0 Å². The Morgan fingerprint density at radius 1 is 1.44 bits per heavy atom. The largest absolute Gasteiger partial charge is 0.287 e. The second-order valence-electron chi connectivity index (χ2n) is 4.00. The molecule has 0 aliphatic rings. The fraction of sp³-hybridized carbons (Fsp3) is 0.333. The molecule has 4 heteroatoms. The SMILES string of the molecule is CC(CS)Cn1ncc(=O)c2ccccc21. The molecule has 2 aromatic rings. The predicted molar refractivity (Wildman–Crippen MR) is 69.0 cm³/mol. The number of thiol groups is 1. The number of benzene rings is 1. The van der Waals surface area contributed by atoms with E-state index in [9.17, 15) is 4.79 Å². The normalized spacial score (nSPS) is 12.9. The monoisotopic (exact) mass is 234 g/mol. The van der Waals surface area contributed by atoms with Gasteiger partial charge in [0.1, 0.15) is 0 Å². The second kappa shape index (κ2) is 4.70. The third kappa shape index (κ3) is 2.11. The molecule has 1 atom stereocenters. The van der Waals surface area contributed by atoms with Crippen LogP contribution < -0.4 is 5.43 Å². The van der Waals surface area contributed by atoms with E-state index in [0.29, 0.717) is 5.92 Å². The lowest BCUT2D eigenvalue weighted by Crippen LogP contribution is -2.16. The molecule has 1 aromatic carbocycles. The van der Waals surface area contributed by atoms with Gasteiger partial charge in [0.05, 0.1) is 11.7 Å². The van der Waals surface area contributed by atoms with Gasteiger partial charge in [-0.25, -0.2) is 0 Å². The van der Waals surface area contributed by atoms with Crippen molar-refractivity contribution in [2.75, 3.05) is 5.75 Å². The first kappa shape index (κ1) is 11.2. The summed E-state index contributed by atoms with van der Waals surface area (Å²) in [6.45, 7) is 2.89. The van der Waals surface area contributed by atoms with Crippen molar-refractivity contribution < 1.29 is 0 Å². The van der Waals surface area contributed by atoms with Crippen LogP contribution in [0.4, 0.5) is 0 Å². The topological polar surface area (TPSA) is 34.9 Å². The van der Waals surface area contributed by atoms with Gasteiger partial charge in [-0.1, -0.05) is 19.1 Å². The van der Waals surface area contributed by atoms with Crippen LogP contribution in [0, 0.1) is 5.92 Å². The second-order valence-corrected chi connectivity index (χ2v) is 4.36. The minimum atomic E-state index is -0.0228. The van der Waals surface area contributed by atoms with E-state index in [1.807, 2.05) is 28.9 Å². The van der Waals surface area contributed by atoms with Gasteiger partial charge in [0.25, 0.3) is 0 Å². The van der Waals surface area contributed by atoms with Crippen LogP contribution in [0.5, 0.6) is 0 Å². The van der Waals surface area contributed by atoms with E-state index >= 15 is 0 Å². The van der Waals surface area contributed by atoms with Crippen molar-refractivity contribution >= 4 is 23.5 Å². The van der Waals surface area contributed by atoms with Crippen molar-refractivity contribution in [3.63, 3.8) is 0 Å². The quantitative estimate of drug-likeness (QED) is 0.824. The van der Waals surface area contributed by atoms with E-state index in [2.05, 4.69) is 24.7 Å². The van der Waals surface area contributed by atoms with Crippen molar-refractivity contribution in [3.8, 4) is 0 Å². The summed E-state index contributed by atoms with van der Waals surface area (Å²) in [6.07, 6.45) is 1.38. The number of hydrogen-bond donors (Lipinski definition) is 1. The van der Waals surface area contributed by atoms with E-state index < -0.39 is 0 Å². The summed E-state index contributed by atoms with van der Waals surface area (Å²) in [5.41, 5.74) is 0.869. The minimum absolute atomic E-state index is 0.0228. The summed E-state index contributed by atoms with van der Waals surface area (Å²) in [5, 5.41) is 4.89. The lowest BCUT2D eigenvalue weighted by Gasteiger charge is -2.12. The third-order valence-corrected chi connectivity index (χ3v) is 3.18. The zero-order valence-corrected chi connectivity index (χ0v) is 10.0. The first-order chi connectivity index (χ1) is 7.72. The molecule has 0 N–H and O–H groups in total. The van der Waals surface area contributed by atoms with Crippen LogP contribution in [0.1, 0.15) is 6.92 Å². The highest BCUT2D eigenvalue weighted by atomic mass is 32.1. The van der Waals surface area contributed by atoms with Gasteiger partial charge in [0.15, 0.2) is 0 Å². The van der Waals surface area contributed by atoms with E-state index in [1.165, 1.54) is 6.20 Å². The van der Waals surface area contributed by atoms with Gasteiger partial charge in [-0.05, 0) is 23.8 Å². The first-order valence-corrected chi connectivity index (χ1v) is 5.91. The molecule has 0 saturated heterocycles. The minimum Gasteiger partial charge on any atom is -0.287 e. The molecule has 0 saturated carbocycles. The third-order valence-electron chi connectivity index (χ3n) is 2.56. The molecule has 16 heavy (non-hydrogen) atoms. The number of hydrogen-bond acceptors (Lipinski definition) is 3. The number of para-hydroxylation sites is 1. The molecule has 0 radical (unpaired) electrons. The Balaban J connectivity index is 2.54. The maximum atomic E-state index is 11.6. The highest BCUT2D eigenvalue weighted by Gasteiger charge is 2.06. The summed E-state index contributed by atoms with van der Waals surface area (Å²) < 4.78 is 1.87. The molecular weight excluding hydrogens is 220 g/mol. The van der Waals surface area contributed by atoms with Crippen LogP contribution in [-0.2, 0) is 6.54 Å². The maximum Gasteiger partial charge on any atom is 0.207 e. The average molecular weight is 234 g/mol. The Hall–Kier alpha value is -1.29. The zero-order valence-electron chi connectivity index (χ0n) is 9.13. The van der Waals surface area contributed by atoms with Crippen LogP contribution in [-0.4, -0.2) is 15.5 Å². The molecule has 1 unspecified atom stereocenters. The highest BCUT2D eigenvalue weighted by molar-refractivity contribution is 7.80. The Kier molecular flexibility index (Phi) is 3.29. The fourth-order valence-corrected chi connectivity index (χ4v) is 1.77. The summed E-state index contributed by atoms with van der Waals surface area (Å²) in [6, 6.07) is 7.55. The summed E-state index contributed by atoms with van der Waals surface area (Å²) in [4.78, 5) is 11.6. The maximum absolute atomic E-state index is 11.6. The molecule has 2 rings (SSSR count). The summed E-state index contributed by atoms with van der Waals surface area (Å²) >= 11 is 4.26. The average Bonchev–Trinajstić information content (AvgIpc) is 2.33. The van der Waals surface area contributed by atoms with E-state index in [0.717, 1.165) is 23.2 Å². The van der Waals surface area contributed by atoms with Crippen molar-refractivity contribution in [3.05, 3.63) is 40.7 Å². The Morgan fingerprint density at radius 3 is 2.94 bits per heavy atom. The van der Waals surface area contributed by atoms with Crippen LogP contribution in [0.15, 0.2) is 35.3 Å². The predicted octanol–water partition coefficient (Wildman–Crippen LogP) is 1.96. The molecule has 3 nitrogen and oxygen atoms in total. The molecular formula is C12H14N2OS. The smallest absolute Gasteiger partial charge is 0.207 e. The van der Waals surface area contributed by atoms with Gasteiger partial charge in [-0.2, -0.15) is 17.7 Å². The Morgan fingerprint density at radius 2 is 2.19 bits per heavy atom. The van der Waals surface area contributed by atoms with E-state index in [1.54, 1.807) is 0 Å². The van der Waals surface area contributed by atoms with E-state index in [-0.39, 0.29) is 5.43 Å². The molecule has 0 aliphatic heterocycles. The number of aromatic nitrogens is 2. The van der Waals surface area contributed by atoms with Gasteiger partial charge in [0, 0.05) is 11.9 Å². The number of nitrogens with zero attached hydrogens (tertiary/aromatic N) is 2. The summed E-state index contributed by atoms with van der Waals surface area (Å²) in [5.74, 6) is 1.24. The highest BCUT2D eigenvalue weighted by Crippen LogP contribution is 2.10. The zero-order chi connectivity index (χ0) is 11.5. The van der Waals surface area contributed by atoms with Crippen LogP contribution >= 0.6 is 12.6 Å². The number of fused-ring (bicyclic) bond motifs is 1. The summed E-state index contributed by atoms with van der Waals surface area (Å²) in [7, 11) is 0. The van der Waals surface area contributed by atoms with Crippen molar-refractivity contribution in [1.82, 2.24) is 9.78 Å². The van der Waals surface area contributed by atoms with Crippen molar-refractivity contribution in [1.29, 1.82) is 0 Å². The Labute approximate surface area is 99.5 Å². The molecule has 1 aromatic heterocycles. The molecule has 0 aliphatic carbocycles. The molecule has 0 bridgehead atoms. The van der Waals surface area contributed by atoms with Gasteiger partial charge in [-0.15, -0.1) is 0 Å². The Bertz CT molecular complexity index is 550. The van der Waals surface area contributed by atoms with Crippen LogP contribution in [0.2, 0.25) is 0 Å². The standard InChI is InChI=1S/C12H14N2OS/c1-9(8-16)7-14-11-5-3-2-4-10(11)12(15)6-13-14/h2-6,9,16H,7-8H2,1H3. The fourth-order valence-electron chi connectivity index (χ4n) is 1.66. The molecule has 84 valence electrons. The molecule has 1 heterocycles. The van der Waals surface area contributed by atoms with Gasteiger partial charge in [-0.3, -0.25) is 9.48 Å². The lowest BCUT2D eigenvalue weighted by atomic mass is 10.2. The van der Waals surface area contributed by atoms with Crippen molar-refractivity contribution in [2.24, 2.45) is 5.92 Å². The number of rotatable bonds is 3.